The molecule has 3 aromatic rings. The Kier molecular flexibility index (Phi) is 7.01. The summed E-state index contributed by atoms with van der Waals surface area (Å²) in [5.74, 6) is -0.0473. The predicted molar refractivity (Wildman–Crippen MR) is 118 cm³/mol. The van der Waals surface area contributed by atoms with Crippen molar-refractivity contribution in [3.8, 4) is 0 Å². The Hall–Kier alpha value is -2.00. The van der Waals surface area contributed by atoms with E-state index in [1.54, 1.807) is 24.3 Å². The normalized spacial score (nSPS) is 13.0. The minimum atomic E-state index is -0.126. The molecular formula is C23H20Cl3NO. The van der Waals surface area contributed by atoms with E-state index < -0.39 is 0 Å². The fourth-order valence-corrected chi connectivity index (χ4v) is 3.54. The van der Waals surface area contributed by atoms with Gasteiger partial charge in [0.2, 0.25) is 0 Å². The fraction of sp³-hybridized carbons (Fsp3) is 0.174. The van der Waals surface area contributed by atoms with Crippen molar-refractivity contribution >= 4 is 40.7 Å². The Labute approximate surface area is 180 Å². The van der Waals surface area contributed by atoms with E-state index in [4.69, 9.17) is 34.8 Å². The second kappa shape index (κ2) is 9.47. The number of benzene rings is 3. The highest BCUT2D eigenvalue weighted by atomic mass is 35.5. The third-order valence-electron chi connectivity index (χ3n) is 4.74. The average Bonchev–Trinajstić information content (AvgIpc) is 2.68. The Morgan fingerprint density at radius 2 is 1.25 bits per heavy atom. The quantitative estimate of drug-likeness (QED) is 0.456. The topological polar surface area (TPSA) is 29.1 Å². The van der Waals surface area contributed by atoms with Gasteiger partial charge in [0.05, 0.1) is 0 Å². The molecular weight excluding hydrogens is 413 g/mol. The minimum absolute atomic E-state index is 0.0784. The zero-order chi connectivity index (χ0) is 20.1. The number of hydrogen-bond acceptors (Lipinski definition) is 1. The molecule has 3 rings (SSSR count). The van der Waals surface area contributed by atoms with Crippen LogP contribution in [0.15, 0.2) is 72.8 Å². The van der Waals surface area contributed by atoms with Crippen LogP contribution in [0.5, 0.6) is 0 Å². The molecule has 2 nitrogen and oxygen atoms in total. The van der Waals surface area contributed by atoms with Crippen LogP contribution in [0.4, 0.5) is 0 Å². The fourth-order valence-electron chi connectivity index (χ4n) is 3.16. The zero-order valence-electron chi connectivity index (χ0n) is 15.3. The van der Waals surface area contributed by atoms with Gasteiger partial charge in [0.15, 0.2) is 0 Å². The van der Waals surface area contributed by atoms with Crippen molar-refractivity contribution < 1.29 is 4.79 Å². The van der Waals surface area contributed by atoms with Gasteiger partial charge in [0.1, 0.15) is 0 Å². The zero-order valence-corrected chi connectivity index (χ0v) is 17.6. The molecule has 144 valence electrons. The van der Waals surface area contributed by atoms with E-state index in [-0.39, 0.29) is 17.9 Å². The number of hydrogen-bond donors (Lipinski definition) is 1. The van der Waals surface area contributed by atoms with Gasteiger partial charge in [-0.15, -0.1) is 0 Å². The number of rotatable bonds is 6. The Balaban J connectivity index is 1.82. The molecule has 0 aromatic heterocycles. The smallest absolute Gasteiger partial charge is 0.251 e. The largest absolute Gasteiger partial charge is 0.349 e. The lowest BCUT2D eigenvalue weighted by Gasteiger charge is -2.26. The summed E-state index contributed by atoms with van der Waals surface area (Å²) in [6.45, 7) is 2.02. The van der Waals surface area contributed by atoms with Crippen LogP contribution >= 0.6 is 34.8 Å². The van der Waals surface area contributed by atoms with Crippen molar-refractivity contribution in [3.05, 3.63) is 105 Å². The van der Waals surface area contributed by atoms with Gasteiger partial charge in [0.25, 0.3) is 5.91 Å². The van der Waals surface area contributed by atoms with Crippen molar-refractivity contribution in [3.63, 3.8) is 0 Å². The van der Waals surface area contributed by atoms with E-state index in [9.17, 15) is 4.79 Å². The molecule has 0 radical (unpaired) electrons. The Morgan fingerprint density at radius 3 is 1.79 bits per heavy atom. The number of amides is 1. The summed E-state index contributed by atoms with van der Waals surface area (Å²) in [5, 5.41) is 5.11. The molecule has 0 saturated heterocycles. The average molecular weight is 433 g/mol. The lowest BCUT2D eigenvalue weighted by Crippen LogP contribution is -2.37. The third kappa shape index (κ3) is 5.51. The van der Waals surface area contributed by atoms with Gasteiger partial charge < -0.3 is 5.32 Å². The Morgan fingerprint density at radius 1 is 0.786 bits per heavy atom. The highest BCUT2D eigenvalue weighted by Crippen LogP contribution is 2.27. The molecule has 2 atom stereocenters. The van der Waals surface area contributed by atoms with Crippen molar-refractivity contribution in [2.45, 2.75) is 25.3 Å². The SMILES string of the molecule is CC(NC(=O)c1ccc(Cl)cc1)C(Cc1ccc(Cl)cc1)c1ccc(Cl)cc1. The summed E-state index contributed by atoms with van der Waals surface area (Å²) >= 11 is 18.0. The van der Waals surface area contributed by atoms with Crippen LogP contribution in [0.3, 0.4) is 0 Å². The highest BCUT2D eigenvalue weighted by Gasteiger charge is 2.22. The Bertz CT molecular complexity index is 922. The third-order valence-corrected chi connectivity index (χ3v) is 5.49. The first-order valence-corrected chi connectivity index (χ1v) is 10.1. The van der Waals surface area contributed by atoms with Gasteiger partial charge in [-0.1, -0.05) is 59.1 Å². The van der Waals surface area contributed by atoms with Crippen LogP contribution in [0.1, 0.15) is 34.3 Å². The minimum Gasteiger partial charge on any atom is -0.349 e. The second-order valence-corrected chi connectivity index (χ2v) is 8.07. The number of carbonyl (C=O) groups is 1. The molecule has 28 heavy (non-hydrogen) atoms. The van der Waals surface area contributed by atoms with E-state index in [0.717, 1.165) is 17.5 Å². The van der Waals surface area contributed by atoms with Crippen LogP contribution in [0.25, 0.3) is 0 Å². The molecule has 0 bridgehead atoms. The lowest BCUT2D eigenvalue weighted by atomic mass is 9.86. The van der Waals surface area contributed by atoms with E-state index in [1.165, 1.54) is 0 Å². The van der Waals surface area contributed by atoms with Gasteiger partial charge in [0, 0.05) is 32.6 Å². The summed E-state index contributed by atoms with van der Waals surface area (Å²) < 4.78 is 0. The predicted octanol–water partition coefficient (Wildman–Crippen LogP) is 6.79. The highest BCUT2D eigenvalue weighted by molar-refractivity contribution is 6.31. The number of halogens is 3. The van der Waals surface area contributed by atoms with Crippen molar-refractivity contribution in [1.29, 1.82) is 0 Å². The van der Waals surface area contributed by atoms with Crippen LogP contribution in [0, 0.1) is 0 Å². The number of carbonyl (C=O) groups excluding carboxylic acids is 1. The molecule has 1 amide bonds. The van der Waals surface area contributed by atoms with Crippen molar-refractivity contribution in [2.75, 3.05) is 0 Å². The monoisotopic (exact) mass is 431 g/mol. The standard InChI is InChI=1S/C23H20Cl3NO/c1-15(27-23(28)18-6-12-21(26)13-7-18)22(17-4-10-20(25)11-5-17)14-16-2-8-19(24)9-3-16/h2-13,15,22H,14H2,1H3,(H,27,28). The van der Waals surface area contributed by atoms with Crippen LogP contribution in [-0.4, -0.2) is 11.9 Å². The molecule has 3 aromatic carbocycles. The van der Waals surface area contributed by atoms with E-state index in [1.807, 2.05) is 55.5 Å². The summed E-state index contributed by atoms with van der Waals surface area (Å²) in [4.78, 5) is 12.7. The molecule has 5 heteroatoms. The van der Waals surface area contributed by atoms with E-state index in [0.29, 0.717) is 20.6 Å². The van der Waals surface area contributed by atoms with Gasteiger partial charge in [-0.2, -0.15) is 0 Å². The molecule has 0 heterocycles. The maximum Gasteiger partial charge on any atom is 0.251 e. The van der Waals surface area contributed by atoms with Crippen LogP contribution in [-0.2, 0) is 6.42 Å². The lowest BCUT2D eigenvalue weighted by molar-refractivity contribution is 0.0934. The van der Waals surface area contributed by atoms with Crippen LogP contribution in [0.2, 0.25) is 15.1 Å². The first-order chi connectivity index (χ1) is 13.4. The maximum absolute atomic E-state index is 12.7. The molecule has 0 saturated carbocycles. The summed E-state index contributed by atoms with van der Waals surface area (Å²) in [5.41, 5.74) is 2.85. The van der Waals surface area contributed by atoms with Crippen molar-refractivity contribution in [1.82, 2.24) is 5.32 Å². The number of nitrogens with one attached hydrogen (secondary N) is 1. The van der Waals surface area contributed by atoms with E-state index in [2.05, 4.69) is 5.32 Å². The molecule has 0 aliphatic carbocycles. The van der Waals surface area contributed by atoms with Crippen molar-refractivity contribution in [2.24, 2.45) is 0 Å². The maximum atomic E-state index is 12.7. The molecule has 0 fully saturated rings. The van der Waals surface area contributed by atoms with E-state index >= 15 is 0 Å². The van der Waals surface area contributed by atoms with Gasteiger partial charge >= 0.3 is 0 Å². The molecule has 1 N–H and O–H groups in total. The first kappa shape index (κ1) is 20.7. The summed E-state index contributed by atoms with van der Waals surface area (Å²) in [6, 6.07) is 22.3. The molecule has 2 unspecified atom stereocenters. The summed E-state index contributed by atoms with van der Waals surface area (Å²) in [7, 11) is 0. The van der Waals surface area contributed by atoms with Gasteiger partial charge in [-0.3, -0.25) is 4.79 Å². The first-order valence-electron chi connectivity index (χ1n) is 8.99. The van der Waals surface area contributed by atoms with Gasteiger partial charge in [-0.25, -0.2) is 0 Å². The molecule has 0 aliphatic heterocycles. The summed E-state index contributed by atoms with van der Waals surface area (Å²) in [6.07, 6.45) is 0.765. The molecule has 0 spiro atoms. The van der Waals surface area contributed by atoms with Gasteiger partial charge in [-0.05, 0) is 73.0 Å². The second-order valence-electron chi connectivity index (χ2n) is 6.76. The van der Waals surface area contributed by atoms with Crippen LogP contribution < -0.4 is 5.32 Å². The molecule has 0 aliphatic rings.